The zero-order chi connectivity index (χ0) is 2.00. The van der Waals surface area contributed by atoms with Gasteiger partial charge in [0.1, 0.15) is 0 Å². The van der Waals surface area contributed by atoms with Crippen molar-refractivity contribution >= 4 is 6.79 Å². The summed E-state index contributed by atoms with van der Waals surface area (Å²) in [7, 11) is 0. The third-order valence-electron chi connectivity index (χ3n) is 0. The summed E-state index contributed by atoms with van der Waals surface area (Å²) in [4.78, 5) is 7.50. The second-order valence-corrected chi connectivity index (χ2v) is 0. The van der Waals surface area contributed by atoms with Crippen LogP contribution in [-0.4, -0.2) is 12.3 Å². The molecule has 0 rings (SSSR count). The van der Waals surface area contributed by atoms with Crippen LogP contribution < -0.4 is 0 Å². The van der Waals surface area contributed by atoms with Crippen molar-refractivity contribution < 1.29 is 32.0 Å². The van der Waals surface area contributed by atoms with Gasteiger partial charge in [-0.25, -0.2) is 0 Å². The van der Waals surface area contributed by atoms with E-state index in [1.165, 1.54) is 0 Å². The predicted molar refractivity (Wildman–Crippen MR) is 9.31 cm³/mol. The molecule has 0 aliphatic carbocycles. The van der Waals surface area contributed by atoms with Crippen LogP contribution in [0.5, 0.6) is 0 Å². The fraction of sp³-hybridized carbons (Fsp3) is 0. The summed E-state index contributed by atoms with van der Waals surface area (Å²) >= 11 is 0. The first-order chi connectivity index (χ1) is 1.00. The van der Waals surface area contributed by atoms with Gasteiger partial charge in [0.15, 0.2) is 0 Å². The van der Waals surface area contributed by atoms with Crippen molar-refractivity contribution in [2.75, 3.05) is 0 Å². The largest absolute Gasteiger partial charge is 0.412 e. The van der Waals surface area contributed by atoms with E-state index in [-0.39, 0.29) is 27.2 Å². The molecule has 0 saturated heterocycles. The molecule has 0 unspecified atom stereocenters. The second kappa shape index (κ2) is 155. The Morgan fingerprint density at radius 1 is 1.25 bits per heavy atom. The average molecular weight is 93.9 g/mol. The van der Waals surface area contributed by atoms with Gasteiger partial charge >= 0.3 is 0 Å². The van der Waals surface area contributed by atoms with Gasteiger partial charge in [0.2, 0.25) is 0 Å². The standard InChI is InChI=1S/CO.H2O.Ti/c1-2;;/h;1H2;. The quantitative estimate of drug-likeness (QED) is 0.347. The summed E-state index contributed by atoms with van der Waals surface area (Å²) < 4.78 is 0. The maximum Gasteiger partial charge on any atom is 0.281 e. The summed E-state index contributed by atoms with van der Waals surface area (Å²) in [6, 6.07) is 0. The van der Waals surface area contributed by atoms with Crippen LogP contribution in [-0.2, 0) is 26.5 Å². The predicted octanol–water partition coefficient (Wildman–Crippen LogP) is -1.22. The molecule has 4 heavy (non-hydrogen) atoms. The van der Waals surface area contributed by atoms with E-state index in [9.17, 15) is 0 Å². The van der Waals surface area contributed by atoms with E-state index in [2.05, 4.69) is 6.79 Å². The first-order valence-electron chi connectivity index (χ1n) is 0.204. The number of rotatable bonds is 0. The fourth-order valence-electron chi connectivity index (χ4n) is 0. The van der Waals surface area contributed by atoms with Gasteiger partial charge in [-0.15, -0.1) is 0 Å². The Balaban J connectivity index is -0.00000000500. The first-order valence-corrected chi connectivity index (χ1v) is 0.204. The second-order valence-electron chi connectivity index (χ2n) is 0. The molecular formula is CH2O2Ti. The molecule has 2 N–H and O–H groups in total. The van der Waals surface area contributed by atoms with Crippen LogP contribution in [0.4, 0.5) is 0 Å². The van der Waals surface area contributed by atoms with Gasteiger partial charge in [0, 0.05) is 21.7 Å². The van der Waals surface area contributed by atoms with Gasteiger partial charge in [-0.2, -0.15) is 0 Å². The Labute approximate surface area is 39.4 Å². The molecule has 0 amide bonds. The van der Waals surface area contributed by atoms with Gasteiger partial charge in [-0.3, -0.25) is 4.79 Å². The van der Waals surface area contributed by atoms with E-state index in [1.807, 2.05) is 0 Å². The molecule has 0 bridgehead atoms. The molecule has 2 nitrogen and oxygen atoms in total. The molecule has 0 spiro atoms. The van der Waals surface area contributed by atoms with Crippen LogP contribution in [0.3, 0.4) is 0 Å². The normalized spacial score (nSPS) is 1.00. The van der Waals surface area contributed by atoms with E-state index >= 15 is 0 Å². The van der Waals surface area contributed by atoms with Crippen LogP contribution in [0.25, 0.3) is 0 Å². The molecular weight excluding hydrogens is 91.9 g/mol. The van der Waals surface area contributed by atoms with Crippen LogP contribution in [0.15, 0.2) is 0 Å². The van der Waals surface area contributed by atoms with Gasteiger partial charge in [-0.05, 0) is 0 Å². The first kappa shape index (κ1) is 26.9. The van der Waals surface area contributed by atoms with Gasteiger partial charge < -0.3 is 5.48 Å². The molecule has 0 aliphatic rings. The van der Waals surface area contributed by atoms with E-state index in [0.29, 0.717) is 0 Å². The summed E-state index contributed by atoms with van der Waals surface area (Å²) in [6.07, 6.45) is 0. The minimum Gasteiger partial charge on any atom is -0.412 e. The number of hydrogen-bond donors (Lipinski definition) is 0. The molecule has 0 atom stereocenters. The van der Waals surface area contributed by atoms with Gasteiger partial charge in [0.25, 0.3) is 6.79 Å². The van der Waals surface area contributed by atoms with Crippen LogP contribution in [0.2, 0.25) is 0 Å². The van der Waals surface area contributed by atoms with E-state index in [1.54, 1.807) is 0 Å². The topological polar surface area (TPSA) is 48.6 Å². The third-order valence-corrected chi connectivity index (χ3v) is 0. The van der Waals surface area contributed by atoms with Gasteiger partial charge in [0.05, 0.1) is 0 Å². The SMILES string of the molecule is O.[C]=O.[Ti]. The number of carbonyl (C=O) groups excluding carboxylic acids is 1. The summed E-state index contributed by atoms with van der Waals surface area (Å²) in [5.74, 6) is 0. The third kappa shape index (κ3) is 35.7. The van der Waals surface area contributed by atoms with Crippen molar-refractivity contribution in [3.8, 4) is 0 Å². The maximum atomic E-state index is 7.50. The molecule has 0 aromatic carbocycles. The van der Waals surface area contributed by atoms with Crippen molar-refractivity contribution in [3.63, 3.8) is 0 Å². The van der Waals surface area contributed by atoms with Crippen LogP contribution in [0, 0.1) is 0 Å². The Morgan fingerprint density at radius 3 is 1.25 bits per heavy atom. The molecule has 22 valence electrons. The minimum absolute atomic E-state index is 0. The van der Waals surface area contributed by atoms with Crippen LogP contribution in [0.1, 0.15) is 0 Å². The Bertz CT molecular complexity index is 6.00. The van der Waals surface area contributed by atoms with Crippen molar-refractivity contribution in [1.29, 1.82) is 0 Å². The minimum atomic E-state index is 0. The molecule has 0 aromatic heterocycles. The molecule has 0 fully saturated rings. The summed E-state index contributed by atoms with van der Waals surface area (Å²) in [6.45, 7) is 4.50. The van der Waals surface area contributed by atoms with Crippen molar-refractivity contribution in [2.24, 2.45) is 0 Å². The smallest absolute Gasteiger partial charge is 0.281 e. The zero-order valence-corrected chi connectivity index (χ0v) is 3.47. The molecule has 0 aliphatic heterocycles. The summed E-state index contributed by atoms with van der Waals surface area (Å²) in [5, 5.41) is 0. The zero-order valence-electron chi connectivity index (χ0n) is 1.91. The van der Waals surface area contributed by atoms with E-state index in [4.69, 9.17) is 4.79 Å². The molecule has 0 aromatic rings. The Kier molecular flexibility index (Phi) is 1040. The van der Waals surface area contributed by atoms with E-state index < -0.39 is 0 Å². The van der Waals surface area contributed by atoms with Crippen LogP contribution >= 0.6 is 0 Å². The fourth-order valence-corrected chi connectivity index (χ4v) is 0. The van der Waals surface area contributed by atoms with Crippen molar-refractivity contribution in [3.05, 3.63) is 0 Å². The van der Waals surface area contributed by atoms with Crippen molar-refractivity contribution in [2.45, 2.75) is 0 Å². The Morgan fingerprint density at radius 2 is 1.25 bits per heavy atom. The molecule has 0 saturated carbocycles. The Hall–Kier alpha value is 0.344. The van der Waals surface area contributed by atoms with E-state index in [0.717, 1.165) is 0 Å². The number of hydrogen-bond acceptors (Lipinski definition) is 1. The summed E-state index contributed by atoms with van der Waals surface area (Å²) in [5.41, 5.74) is 0. The molecule has 2 radical (unpaired) electrons. The van der Waals surface area contributed by atoms with Crippen molar-refractivity contribution in [1.82, 2.24) is 0 Å². The monoisotopic (exact) mass is 94.0 g/mol. The van der Waals surface area contributed by atoms with Gasteiger partial charge in [-0.1, -0.05) is 0 Å². The maximum absolute atomic E-state index is 7.50. The molecule has 3 heteroatoms. The molecule has 0 heterocycles. The average Bonchev–Trinajstić information content (AvgIpc) is 1.00.